The molecule has 7 heterocycles. The van der Waals surface area contributed by atoms with Crippen molar-refractivity contribution in [2.45, 2.75) is 0 Å². The molecule has 254 valence electrons. The highest BCUT2D eigenvalue weighted by atomic mass is 14.8. The molecule has 9 aromatic rings. The van der Waals surface area contributed by atoms with E-state index in [1.54, 1.807) is 24.8 Å². The fourth-order valence-corrected chi connectivity index (χ4v) is 6.47. The first-order valence-electron chi connectivity index (χ1n) is 17.6. The Morgan fingerprint density at radius 3 is 1.13 bits per heavy atom. The molecule has 0 fully saturated rings. The molecule has 7 aromatic heterocycles. The molecule has 0 radical (unpaired) electrons. The topological polar surface area (TPSA) is 90.2 Å². The Bertz CT molecular complexity index is 2530. The summed E-state index contributed by atoms with van der Waals surface area (Å²) in [6.07, 6.45) is 9.00. The van der Waals surface area contributed by atoms with Crippen molar-refractivity contribution in [3.8, 4) is 90.2 Å². The summed E-state index contributed by atoms with van der Waals surface area (Å²) < 4.78 is 0. The van der Waals surface area contributed by atoms with Crippen molar-refractivity contribution in [1.82, 2.24) is 34.9 Å². The van der Waals surface area contributed by atoms with Crippen molar-refractivity contribution in [2.75, 3.05) is 0 Å². The second-order valence-corrected chi connectivity index (χ2v) is 12.7. The van der Waals surface area contributed by atoms with Crippen molar-refractivity contribution in [3.63, 3.8) is 0 Å². The predicted octanol–water partition coefficient (Wildman–Crippen LogP) is 10.8. The first-order chi connectivity index (χ1) is 26.7. The SMILES string of the molecule is c1ccc(-c2cc(-c3cc(-c4ccc(-c5cc(-c6ccccn6)nc(-c6ccccn6)c5)cc4)cc(-c4cccc(-c5ccccn5)n4)c3)ccn2)nc1. The molecule has 0 aliphatic rings. The van der Waals surface area contributed by atoms with Gasteiger partial charge in [-0.2, -0.15) is 0 Å². The minimum absolute atomic E-state index is 0.790. The van der Waals surface area contributed by atoms with Gasteiger partial charge in [0.25, 0.3) is 0 Å². The summed E-state index contributed by atoms with van der Waals surface area (Å²) in [5.41, 5.74) is 14.6. The lowest BCUT2D eigenvalue weighted by Crippen LogP contribution is -1.94. The van der Waals surface area contributed by atoms with Crippen LogP contribution in [0.1, 0.15) is 0 Å². The van der Waals surface area contributed by atoms with Gasteiger partial charge in [-0.3, -0.25) is 24.9 Å². The van der Waals surface area contributed by atoms with Gasteiger partial charge in [0.1, 0.15) is 0 Å². The van der Waals surface area contributed by atoms with Crippen molar-refractivity contribution in [3.05, 3.63) is 189 Å². The van der Waals surface area contributed by atoms with Crippen LogP contribution in [-0.4, -0.2) is 34.9 Å². The quantitative estimate of drug-likeness (QED) is 0.156. The Balaban J connectivity index is 1.14. The smallest absolute Gasteiger partial charge is 0.0900 e. The number of hydrogen-bond donors (Lipinski definition) is 0. The normalized spacial score (nSPS) is 11.0. The number of hydrogen-bond acceptors (Lipinski definition) is 7. The molecule has 0 bridgehead atoms. The van der Waals surface area contributed by atoms with Crippen LogP contribution in [0.25, 0.3) is 90.2 Å². The van der Waals surface area contributed by atoms with Crippen molar-refractivity contribution in [2.24, 2.45) is 0 Å². The standard InChI is InChI=1S/C47H31N7/c1-5-21-48-40(10-1)44-15-9-14-39(53-44)38-27-35(26-36(28-38)34-20-25-52-45(29-34)41-11-2-6-22-49-41)32-16-18-33(19-17-32)37-30-46(42-12-3-7-23-50-42)54-47(31-37)43-13-4-8-24-51-43/h1-31H. The molecule has 0 saturated heterocycles. The molecular formula is C47H31N7. The first kappa shape index (κ1) is 32.4. The monoisotopic (exact) mass is 693 g/mol. The van der Waals surface area contributed by atoms with Crippen LogP contribution in [0.15, 0.2) is 189 Å². The summed E-state index contributed by atoms with van der Waals surface area (Å²) >= 11 is 0. The van der Waals surface area contributed by atoms with Gasteiger partial charge in [0, 0.05) is 36.5 Å². The number of pyridine rings is 7. The Kier molecular flexibility index (Phi) is 8.77. The third kappa shape index (κ3) is 6.89. The van der Waals surface area contributed by atoms with Gasteiger partial charge in [-0.25, -0.2) is 9.97 Å². The third-order valence-electron chi connectivity index (χ3n) is 9.16. The fraction of sp³-hybridized carbons (Fsp3) is 0. The van der Waals surface area contributed by atoms with E-state index in [9.17, 15) is 0 Å². The van der Waals surface area contributed by atoms with Gasteiger partial charge >= 0.3 is 0 Å². The molecule has 0 unspecified atom stereocenters. The van der Waals surface area contributed by atoms with E-state index in [4.69, 9.17) is 9.97 Å². The van der Waals surface area contributed by atoms with Crippen molar-refractivity contribution >= 4 is 0 Å². The van der Waals surface area contributed by atoms with Crippen molar-refractivity contribution in [1.29, 1.82) is 0 Å². The molecular weight excluding hydrogens is 663 g/mol. The Morgan fingerprint density at radius 2 is 0.593 bits per heavy atom. The van der Waals surface area contributed by atoms with Crippen LogP contribution in [0.5, 0.6) is 0 Å². The van der Waals surface area contributed by atoms with Crippen LogP contribution in [0.3, 0.4) is 0 Å². The van der Waals surface area contributed by atoms with Crippen LogP contribution in [-0.2, 0) is 0 Å². The highest BCUT2D eigenvalue weighted by Gasteiger charge is 2.14. The lowest BCUT2D eigenvalue weighted by molar-refractivity contribution is 1.22. The van der Waals surface area contributed by atoms with E-state index in [-0.39, 0.29) is 0 Å². The maximum Gasteiger partial charge on any atom is 0.0900 e. The van der Waals surface area contributed by atoms with Gasteiger partial charge < -0.3 is 0 Å². The first-order valence-corrected chi connectivity index (χ1v) is 17.6. The lowest BCUT2D eigenvalue weighted by Gasteiger charge is -2.13. The molecule has 0 amide bonds. The van der Waals surface area contributed by atoms with E-state index in [1.165, 1.54) is 0 Å². The Labute approximate surface area is 312 Å². The van der Waals surface area contributed by atoms with Gasteiger partial charge in [0.15, 0.2) is 0 Å². The van der Waals surface area contributed by atoms with Gasteiger partial charge in [-0.15, -0.1) is 0 Å². The average molecular weight is 694 g/mol. The minimum Gasteiger partial charge on any atom is -0.255 e. The maximum absolute atomic E-state index is 5.07. The zero-order valence-corrected chi connectivity index (χ0v) is 29.0. The van der Waals surface area contributed by atoms with E-state index in [0.717, 1.165) is 90.2 Å². The Morgan fingerprint density at radius 1 is 0.204 bits per heavy atom. The fourth-order valence-electron chi connectivity index (χ4n) is 6.47. The lowest BCUT2D eigenvalue weighted by atomic mass is 9.93. The molecule has 0 saturated carbocycles. The predicted molar refractivity (Wildman–Crippen MR) is 214 cm³/mol. The zero-order chi connectivity index (χ0) is 36.1. The number of benzene rings is 2. The molecule has 0 atom stereocenters. The Hall–Kier alpha value is -7.51. The van der Waals surface area contributed by atoms with Crippen LogP contribution in [0, 0.1) is 0 Å². The van der Waals surface area contributed by atoms with Gasteiger partial charge in [-0.1, -0.05) is 54.6 Å². The second-order valence-electron chi connectivity index (χ2n) is 12.7. The number of rotatable bonds is 8. The summed E-state index contributed by atoms with van der Waals surface area (Å²) in [7, 11) is 0. The highest BCUT2D eigenvalue weighted by Crippen LogP contribution is 2.36. The van der Waals surface area contributed by atoms with Crippen LogP contribution in [0.4, 0.5) is 0 Å². The van der Waals surface area contributed by atoms with Gasteiger partial charge in [0.05, 0.1) is 51.2 Å². The minimum atomic E-state index is 0.790. The summed E-state index contributed by atoms with van der Waals surface area (Å²) in [6, 6.07) is 53.1. The van der Waals surface area contributed by atoms with Crippen LogP contribution in [0.2, 0.25) is 0 Å². The molecule has 0 aliphatic heterocycles. The molecule has 2 aromatic carbocycles. The zero-order valence-electron chi connectivity index (χ0n) is 29.0. The average Bonchev–Trinajstić information content (AvgIpc) is 3.27. The third-order valence-corrected chi connectivity index (χ3v) is 9.16. The number of aromatic nitrogens is 7. The van der Waals surface area contributed by atoms with Crippen molar-refractivity contribution < 1.29 is 0 Å². The second kappa shape index (κ2) is 14.6. The molecule has 7 heteroatoms. The van der Waals surface area contributed by atoms with Crippen LogP contribution >= 0.6 is 0 Å². The summed E-state index contributed by atoms with van der Waals surface area (Å²) in [4.78, 5) is 32.9. The largest absolute Gasteiger partial charge is 0.255 e. The van der Waals surface area contributed by atoms with E-state index >= 15 is 0 Å². The van der Waals surface area contributed by atoms with E-state index in [1.807, 2.05) is 103 Å². The number of nitrogens with zero attached hydrogens (tertiary/aromatic N) is 7. The maximum atomic E-state index is 5.07. The van der Waals surface area contributed by atoms with E-state index < -0.39 is 0 Å². The van der Waals surface area contributed by atoms with E-state index in [2.05, 4.69) is 85.6 Å². The molecule has 0 aliphatic carbocycles. The highest BCUT2D eigenvalue weighted by molar-refractivity contribution is 5.83. The van der Waals surface area contributed by atoms with Gasteiger partial charge in [-0.05, 0) is 137 Å². The molecule has 7 nitrogen and oxygen atoms in total. The molecule has 54 heavy (non-hydrogen) atoms. The van der Waals surface area contributed by atoms with Crippen LogP contribution < -0.4 is 0 Å². The summed E-state index contributed by atoms with van der Waals surface area (Å²) in [6.45, 7) is 0. The summed E-state index contributed by atoms with van der Waals surface area (Å²) in [5.74, 6) is 0. The van der Waals surface area contributed by atoms with Gasteiger partial charge in [0.2, 0.25) is 0 Å². The summed E-state index contributed by atoms with van der Waals surface area (Å²) in [5, 5.41) is 0. The molecule has 9 rings (SSSR count). The molecule has 0 N–H and O–H groups in total. The molecule has 0 spiro atoms. The van der Waals surface area contributed by atoms with E-state index in [0.29, 0.717) is 0 Å².